The molecule has 106 valence electrons. The van der Waals surface area contributed by atoms with Crippen molar-refractivity contribution < 1.29 is 18.6 Å². The molecule has 0 aromatic heterocycles. The maximum absolute atomic E-state index is 12.0. The summed E-state index contributed by atoms with van der Waals surface area (Å²) in [4.78, 5) is 11.6. The van der Waals surface area contributed by atoms with Crippen LogP contribution in [-0.4, -0.2) is 18.1 Å². The van der Waals surface area contributed by atoms with Gasteiger partial charge >= 0.3 is 13.6 Å². The van der Waals surface area contributed by atoms with Crippen molar-refractivity contribution in [2.24, 2.45) is 5.50 Å². The number of ether oxygens (including phenoxy) is 1. The number of rotatable bonds is 6. The Kier molecular flexibility index (Phi) is 5.54. The van der Waals surface area contributed by atoms with Gasteiger partial charge in [0.2, 0.25) is 0 Å². The van der Waals surface area contributed by atoms with E-state index in [1.54, 1.807) is 44.2 Å². The second kappa shape index (κ2) is 6.70. The third-order valence-corrected chi connectivity index (χ3v) is 3.29. The number of nitrogens with one attached hydrogen (secondary N) is 1. The molecule has 0 aliphatic carbocycles. The lowest BCUT2D eigenvalue weighted by Gasteiger charge is -2.20. The standard InChI is InChI=1S/C12H19N2O4P/c1-9(2)17-12(15)10(3)14-19(13,16)18-11-7-5-4-6-8-11/h4-10H,1-3H3,(H3,13,14,16)/t10-,19?/m0/s1. The first-order valence-electron chi connectivity index (χ1n) is 5.92. The Labute approximate surface area is 112 Å². The number of esters is 1. The van der Waals surface area contributed by atoms with Gasteiger partial charge in [0.15, 0.2) is 0 Å². The van der Waals surface area contributed by atoms with Crippen LogP contribution in [0.5, 0.6) is 5.75 Å². The van der Waals surface area contributed by atoms with E-state index in [0.29, 0.717) is 5.75 Å². The molecule has 7 heteroatoms. The first kappa shape index (κ1) is 15.7. The lowest BCUT2D eigenvalue weighted by Crippen LogP contribution is -2.37. The van der Waals surface area contributed by atoms with Crippen molar-refractivity contribution in [3.05, 3.63) is 30.3 Å². The Bertz CT molecular complexity index is 464. The molecule has 0 radical (unpaired) electrons. The molecule has 0 saturated heterocycles. The van der Waals surface area contributed by atoms with Gasteiger partial charge in [0.1, 0.15) is 11.8 Å². The molecule has 0 aliphatic heterocycles. The van der Waals surface area contributed by atoms with Crippen LogP contribution in [-0.2, 0) is 14.1 Å². The zero-order valence-electron chi connectivity index (χ0n) is 11.2. The summed E-state index contributed by atoms with van der Waals surface area (Å²) >= 11 is 0. The van der Waals surface area contributed by atoms with Crippen LogP contribution in [0.15, 0.2) is 30.3 Å². The fourth-order valence-corrected chi connectivity index (χ4v) is 2.45. The van der Waals surface area contributed by atoms with Gasteiger partial charge in [-0.3, -0.25) is 4.79 Å². The van der Waals surface area contributed by atoms with Crippen LogP contribution in [0.3, 0.4) is 0 Å². The van der Waals surface area contributed by atoms with Crippen LogP contribution in [0.4, 0.5) is 0 Å². The van der Waals surface area contributed by atoms with Crippen molar-refractivity contribution >= 4 is 13.6 Å². The van der Waals surface area contributed by atoms with E-state index < -0.39 is 19.7 Å². The zero-order chi connectivity index (χ0) is 14.5. The lowest BCUT2D eigenvalue weighted by atomic mass is 10.3. The summed E-state index contributed by atoms with van der Waals surface area (Å²) < 4.78 is 22.1. The van der Waals surface area contributed by atoms with E-state index in [0.717, 1.165) is 0 Å². The maximum Gasteiger partial charge on any atom is 0.388 e. The third kappa shape index (κ3) is 5.87. The Morgan fingerprint density at radius 2 is 1.84 bits per heavy atom. The largest absolute Gasteiger partial charge is 0.462 e. The van der Waals surface area contributed by atoms with Gasteiger partial charge < -0.3 is 9.26 Å². The van der Waals surface area contributed by atoms with E-state index in [2.05, 4.69) is 5.09 Å². The van der Waals surface area contributed by atoms with Crippen LogP contribution < -0.4 is 15.1 Å². The number of hydrogen-bond donors (Lipinski definition) is 2. The highest BCUT2D eigenvalue weighted by atomic mass is 31.2. The molecule has 1 rings (SSSR count). The van der Waals surface area contributed by atoms with Gasteiger partial charge in [-0.25, -0.2) is 15.2 Å². The topological polar surface area (TPSA) is 90.6 Å². The second-order valence-electron chi connectivity index (χ2n) is 4.34. The van der Waals surface area contributed by atoms with Crippen molar-refractivity contribution in [3.8, 4) is 5.75 Å². The molecule has 3 N–H and O–H groups in total. The molecule has 0 aliphatic rings. The number of hydrogen-bond acceptors (Lipinski definition) is 4. The number of nitrogens with two attached hydrogens (primary N) is 1. The summed E-state index contributed by atoms with van der Waals surface area (Å²) in [5, 5.41) is 2.45. The molecular weight excluding hydrogens is 267 g/mol. The monoisotopic (exact) mass is 286 g/mol. The summed E-state index contributed by atoms with van der Waals surface area (Å²) in [7, 11) is -3.62. The Morgan fingerprint density at radius 3 is 2.37 bits per heavy atom. The Balaban J connectivity index is 2.59. The maximum atomic E-state index is 12.0. The van der Waals surface area contributed by atoms with E-state index in [1.807, 2.05) is 0 Å². The predicted octanol–water partition coefficient (Wildman–Crippen LogP) is 2.06. The number of benzene rings is 1. The summed E-state index contributed by atoms with van der Waals surface area (Å²) in [6.07, 6.45) is -0.246. The quantitative estimate of drug-likeness (QED) is 0.614. The fourth-order valence-electron chi connectivity index (χ4n) is 1.32. The van der Waals surface area contributed by atoms with Crippen molar-refractivity contribution in [1.29, 1.82) is 0 Å². The molecule has 0 fully saturated rings. The Hall–Kier alpha value is -1.36. The second-order valence-corrected chi connectivity index (χ2v) is 5.97. The molecule has 0 spiro atoms. The van der Waals surface area contributed by atoms with Crippen LogP contribution in [0.25, 0.3) is 0 Å². The minimum Gasteiger partial charge on any atom is -0.462 e. The summed E-state index contributed by atoms with van der Waals surface area (Å²) in [5.74, 6) is -0.164. The molecule has 2 atom stereocenters. The average molecular weight is 286 g/mol. The van der Waals surface area contributed by atoms with Gasteiger partial charge in [-0.1, -0.05) is 18.2 Å². The molecule has 6 nitrogen and oxygen atoms in total. The van der Waals surface area contributed by atoms with Gasteiger partial charge in [-0.05, 0) is 32.9 Å². The molecule has 0 amide bonds. The van der Waals surface area contributed by atoms with E-state index in [4.69, 9.17) is 14.8 Å². The van der Waals surface area contributed by atoms with Crippen LogP contribution in [0.2, 0.25) is 0 Å². The van der Waals surface area contributed by atoms with Gasteiger partial charge in [-0.2, -0.15) is 0 Å². The molecular formula is C12H19N2O4P. The SMILES string of the molecule is CC(C)OC(=O)[C@H](C)NP(N)(=O)Oc1ccccc1. The van der Waals surface area contributed by atoms with Crippen molar-refractivity contribution in [3.63, 3.8) is 0 Å². The van der Waals surface area contributed by atoms with E-state index in [-0.39, 0.29) is 6.10 Å². The van der Waals surface area contributed by atoms with Crippen LogP contribution >= 0.6 is 7.67 Å². The normalized spacial score (nSPS) is 15.6. The number of carbonyl (C=O) groups is 1. The van der Waals surface area contributed by atoms with Crippen LogP contribution in [0.1, 0.15) is 20.8 Å². The molecule has 0 saturated carbocycles. The highest BCUT2D eigenvalue weighted by Gasteiger charge is 2.26. The summed E-state index contributed by atoms with van der Waals surface area (Å²) in [5.41, 5.74) is 5.53. The first-order valence-corrected chi connectivity index (χ1v) is 7.61. The zero-order valence-corrected chi connectivity index (χ0v) is 12.1. The van der Waals surface area contributed by atoms with Crippen molar-refractivity contribution in [2.75, 3.05) is 0 Å². The van der Waals surface area contributed by atoms with Gasteiger partial charge in [0, 0.05) is 0 Å². The molecule has 1 aromatic carbocycles. The lowest BCUT2D eigenvalue weighted by molar-refractivity contribution is -0.149. The van der Waals surface area contributed by atoms with E-state index in [1.165, 1.54) is 6.92 Å². The third-order valence-electron chi connectivity index (χ3n) is 2.06. The molecule has 0 bridgehead atoms. The number of para-hydroxylation sites is 1. The summed E-state index contributed by atoms with van der Waals surface area (Å²) in [6.45, 7) is 4.97. The minimum absolute atomic E-state index is 0.246. The summed E-state index contributed by atoms with van der Waals surface area (Å²) in [6, 6.07) is 7.68. The molecule has 0 heterocycles. The Morgan fingerprint density at radius 1 is 1.26 bits per heavy atom. The van der Waals surface area contributed by atoms with E-state index in [9.17, 15) is 9.36 Å². The van der Waals surface area contributed by atoms with Crippen LogP contribution in [0, 0.1) is 0 Å². The van der Waals surface area contributed by atoms with Gasteiger partial charge in [0.25, 0.3) is 0 Å². The van der Waals surface area contributed by atoms with Gasteiger partial charge in [-0.15, -0.1) is 0 Å². The molecule has 19 heavy (non-hydrogen) atoms. The smallest absolute Gasteiger partial charge is 0.388 e. The van der Waals surface area contributed by atoms with Gasteiger partial charge in [0.05, 0.1) is 6.10 Å². The minimum atomic E-state index is -3.62. The fraction of sp³-hybridized carbons (Fsp3) is 0.417. The van der Waals surface area contributed by atoms with Crippen molar-refractivity contribution in [1.82, 2.24) is 5.09 Å². The first-order chi connectivity index (χ1) is 8.80. The molecule has 1 unspecified atom stereocenters. The predicted molar refractivity (Wildman–Crippen MR) is 72.7 cm³/mol. The highest BCUT2D eigenvalue weighted by molar-refractivity contribution is 7.54. The van der Waals surface area contributed by atoms with Crippen molar-refractivity contribution in [2.45, 2.75) is 32.9 Å². The average Bonchev–Trinajstić information content (AvgIpc) is 2.27. The van der Waals surface area contributed by atoms with E-state index >= 15 is 0 Å². The highest BCUT2D eigenvalue weighted by Crippen LogP contribution is 2.34. The molecule has 1 aromatic rings. The number of carbonyl (C=O) groups excluding carboxylic acids is 1.